The van der Waals surface area contributed by atoms with Gasteiger partial charge in [-0.3, -0.25) is 4.79 Å². The summed E-state index contributed by atoms with van der Waals surface area (Å²) in [6, 6.07) is 8.15. The topological polar surface area (TPSA) is 118 Å². The van der Waals surface area contributed by atoms with E-state index in [1.807, 2.05) is 25.1 Å². The summed E-state index contributed by atoms with van der Waals surface area (Å²) in [6.07, 6.45) is 3.47. The van der Waals surface area contributed by atoms with Crippen LogP contribution in [-0.2, 0) is 29.8 Å². The molecule has 0 saturated carbocycles. The summed E-state index contributed by atoms with van der Waals surface area (Å²) in [5.41, 5.74) is 4.42. The first kappa shape index (κ1) is 22.6. The van der Waals surface area contributed by atoms with Crippen molar-refractivity contribution in [2.75, 3.05) is 5.32 Å². The van der Waals surface area contributed by atoms with E-state index in [4.69, 9.17) is 8.94 Å². The van der Waals surface area contributed by atoms with Gasteiger partial charge in [0.2, 0.25) is 11.8 Å². The standard InChI is InChI=1S/C24H23N5O3S2/c1-13-4-6-18-17(9-13)26-24(31-18)33-12-20-27-22(32-29-20)8-7-21(30)28-23-16(11-25)15-5-3-14(2)10-19(15)34-23/h4,6,9,14H,3,5,7-8,10,12H2,1-2H3,(H,28,30). The Morgan fingerprint density at radius 1 is 1.38 bits per heavy atom. The summed E-state index contributed by atoms with van der Waals surface area (Å²) in [5, 5.41) is 17.7. The number of aromatic nitrogens is 3. The normalized spacial score (nSPS) is 15.3. The van der Waals surface area contributed by atoms with Crippen molar-refractivity contribution in [3.63, 3.8) is 0 Å². The van der Waals surface area contributed by atoms with E-state index in [1.165, 1.54) is 28.0 Å². The Morgan fingerprint density at radius 2 is 2.26 bits per heavy atom. The summed E-state index contributed by atoms with van der Waals surface area (Å²) < 4.78 is 11.0. The predicted molar refractivity (Wildman–Crippen MR) is 130 cm³/mol. The number of nitriles is 1. The van der Waals surface area contributed by atoms with Gasteiger partial charge in [0.25, 0.3) is 5.22 Å². The molecule has 3 aromatic heterocycles. The number of carbonyl (C=O) groups is 1. The van der Waals surface area contributed by atoms with Crippen LogP contribution in [0.5, 0.6) is 0 Å². The van der Waals surface area contributed by atoms with Crippen LogP contribution in [0, 0.1) is 24.2 Å². The van der Waals surface area contributed by atoms with Crippen LogP contribution in [-0.4, -0.2) is 21.0 Å². The molecule has 1 aromatic carbocycles. The lowest BCUT2D eigenvalue weighted by atomic mass is 9.88. The highest BCUT2D eigenvalue weighted by Crippen LogP contribution is 2.39. The number of amides is 1. The van der Waals surface area contributed by atoms with Crippen LogP contribution in [0.25, 0.3) is 11.1 Å². The molecule has 0 aliphatic heterocycles. The Balaban J connectivity index is 1.15. The van der Waals surface area contributed by atoms with Crippen LogP contribution in [0.3, 0.4) is 0 Å². The molecule has 1 atom stereocenters. The number of thioether (sulfide) groups is 1. The molecule has 0 fully saturated rings. The summed E-state index contributed by atoms with van der Waals surface area (Å²) in [7, 11) is 0. The Kier molecular flexibility index (Phi) is 6.39. The highest BCUT2D eigenvalue weighted by molar-refractivity contribution is 7.98. The second-order valence-electron chi connectivity index (χ2n) is 8.56. The first-order chi connectivity index (χ1) is 16.5. The maximum absolute atomic E-state index is 12.5. The molecular formula is C24H23N5O3S2. The fraction of sp³-hybridized carbons (Fsp3) is 0.375. The minimum atomic E-state index is -0.168. The van der Waals surface area contributed by atoms with Crippen LogP contribution in [0.15, 0.2) is 32.4 Å². The van der Waals surface area contributed by atoms with Crippen molar-refractivity contribution in [3.8, 4) is 6.07 Å². The third kappa shape index (κ3) is 4.86. The van der Waals surface area contributed by atoms with E-state index in [0.29, 0.717) is 45.6 Å². The van der Waals surface area contributed by atoms with Crippen LogP contribution in [0.4, 0.5) is 5.00 Å². The number of oxazole rings is 1. The lowest BCUT2D eigenvalue weighted by Crippen LogP contribution is -2.12. The number of hydrogen-bond donors (Lipinski definition) is 1. The molecule has 5 rings (SSSR count). The number of fused-ring (bicyclic) bond motifs is 2. The van der Waals surface area contributed by atoms with E-state index in [0.717, 1.165) is 41.5 Å². The first-order valence-electron chi connectivity index (χ1n) is 11.1. The summed E-state index contributed by atoms with van der Waals surface area (Å²) >= 11 is 2.92. The smallest absolute Gasteiger partial charge is 0.257 e. The average molecular weight is 494 g/mol. The van der Waals surface area contributed by atoms with Gasteiger partial charge in [-0.2, -0.15) is 10.2 Å². The largest absolute Gasteiger partial charge is 0.431 e. The zero-order chi connectivity index (χ0) is 23.7. The lowest BCUT2D eigenvalue weighted by Gasteiger charge is -2.17. The molecule has 34 heavy (non-hydrogen) atoms. The molecule has 1 aliphatic carbocycles. The van der Waals surface area contributed by atoms with Crippen molar-refractivity contribution in [1.29, 1.82) is 5.26 Å². The number of rotatable bonds is 7. The highest BCUT2D eigenvalue weighted by Gasteiger charge is 2.24. The Labute approximate surface area is 204 Å². The molecular weight excluding hydrogens is 470 g/mol. The number of aryl methyl sites for hydroxylation is 2. The number of benzene rings is 1. The van der Waals surface area contributed by atoms with Gasteiger partial charge in [0.1, 0.15) is 16.6 Å². The zero-order valence-corrected chi connectivity index (χ0v) is 20.5. The lowest BCUT2D eigenvalue weighted by molar-refractivity contribution is -0.116. The quantitative estimate of drug-likeness (QED) is 0.338. The second-order valence-corrected chi connectivity index (χ2v) is 10.6. The van der Waals surface area contributed by atoms with E-state index in [-0.39, 0.29) is 12.3 Å². The SMILES string of the molecule is Cc1ccc2oc(SCc3noc(CCC(=O)Nc4sc5c(c4C#N)CCC(C)C5)n3)nc2c1. The third-order valence-corrected chi connectivity index (χ3v) is 7.79. The Bertz CT molecular complexity index is 1400. The Morgan fingerprint density at radius 3 is 3.12 bits per heavy atom. The molecule has 1 amide bonds. The van der Waals surface area contributed by atoms with E-state index in [1.54, 1.807) is 0 Å². The molecule has 1 aliphatic rings. The molecule has 0 saturated heterocycles. The molecule has 1 N–H and O–H groups in total. The number of carbonyl (C=O) groups excluding carboxylic acids is 1. The summed E-state index contributed by atoms with van der Waals surface area (Å²) in [6.45, 7) is 4.23. The second kappa shape index (κ2) is 9.60. The monoisotopic (exact) mass is 493 g/mol. The molecule has 8 nitrogen and oxygen atoms in total. The van der Waals surface area contributed by atoms with Gasteiger partial charge in [0.05, 0.1) is 11.3 Å². The van der Waals surface area contributed by atoms with Gasteiger partial charge < -0.3 is 14.3 Å². The number of anilines is 1. The van der Waals surface area contributed by atoms with Gasteiger partial charge in [0, 0.05) is 17.7 Å². The van der Waals surface area contributed by atoms with E-state index < -0.39 is 0 Å². The number of nitrogens with zero attached hydrogens (tertiary/aromatic N) is 4. The van der Waals surface area contributed by atoms with Crippen molar-refractivity contribution in [2.24, 2.45) is 5.92 Å². The van der Waals surface area contributed by atoms with Crippen molar-refractivity contribution < 1.29 is 13.7 Å². The predicted octanol–water partition coefficient (Wildman–Crippen LogP) is 5.44. The van der Waals surface area contributed by atoms with E-state index in [9.17, 15) is 10.1 Å². The van der Waals surface area contributed by atoms with Crippen molar-refractivity contribution in [3.05, 3.63) is 51.5 Å². The summed E-state index contributed by atoms with van der Waals surface area (Å²) in [5.74, 6) is 1.81. The van der Waals surface area contributed by atoms with Gasteiger partial charge in [-0.05, 0) is 55.4 Å². The van der Waals surface area contributed by atoms with Gasteiger partial charge in [0.15, 0.2) is 11.4 Å². The molecule has 0 radical (unpaired) electrons. The van der Waals surface area contributed by atoms with Crippen molar-refractivity contribution >= 4 is 45.1 Å². The highest BCUT2D eigenvalue weighted by atomic mass is 32.2. The zero-order valence-electron chi connectivity index (χ0n) is 18.9. The maximum atomic E-state index is 12.5. The molecule has 4 aromatic rings. The number of thiophene rings is 1. The molecule has 10 heteroatoms. The van der Waals surface area contributed by atoms with Crippen LogP contribution in [0.2, 0.25) is 0 Å². The fourth-order valence-corrected chi connectivity index (χ4v) is 6.08. The van der Waals surface area contributed by atoms with E-state index in [2.05, 4.69) is 33.4 Å². The van der Waals surface area contributed by atoms with Gasteiger partial charge in [-0.25, -0.2) is 4.98 Å². The minimum absolute atomic E-state index is 0.168. The van der Waals surface area contributed by atoms with Crippen LogP contribution in [0.1, 0.15) is 53.0 Å². The van der Waals surface area contributed by atoms with E-state index >= 15 is 0 Å². The van der Waals surface area contributed by atoms with Crippen molar-refractivity contribution in [1.82, 2.24) is 15.1 Å². The van der Waals surface area contributed by atoms with Crippen LogP contribution >= 0.6 is 23.1 Å². The third-order valence-electron chi connectivity index (χ3n) is 5.80. The summed E-state index contributed by atoms with van der Waals surface area (Å²) in [4.78, 5) is 22.6. The molecule has 0 bridgehead atoms. The van der Waals surface area contributed by atoms with Gasteiger partial charge in [-0.1, -0.05) is 29.9 Å². The molecule has 3 heterocycles. The molecule has 174 valence electrons. The average Bonchev–Trinajstić information content (AvgIpc) is 3.51. The molecule has 0 spiro atoms. The van der Waals surface area contributed by atoms with Crippen LogP contribution < -0.4 is 5.32 Å². The van der Waals surface area contributed by atoms with Gasteiger partial charge >= 0.3 is 0 Å². The minimum Gasteiger partial charge on any atom is -0.431 e. The first-order valence-corrected chi connectivity index (χ1v) is 12.9. The Hall–Kier alpha value is -3.16. The number of hydrogen-bond acceptors (Lipinski definition) is 9. The van der Waals surface area contributed by atoms with Gasteiger partial charge in [-0.15, -0.1) is 11.3 Å². The number of nitrogens with one attached hydrogen (secondary N) is 1. The maximum Gasteiger partial charge on any atom is 0.257 e. The molecule has 1 unspecified atom stereocenters. The van der Waals surface area contributed by atoms with Crippen molar-refractivity contribution in [2.45, 2.75) is 56.9 Å². The fourth-order valence-electron chi connectivity index (χ4n) is 4.02.